The highest BCUT2D eigenvalue weighted by Gasteiger charge is 2.34. The molecule has 0 bridgehead atoms. The van der Waals surface area contributed by atoms with Crippen molar-refractivity contribution in [3.05, 3.63) is 0 Å². The Morgan fingerprint density at radius 3 is 1.93 bits per heavy atom. The minimum atomic E-state index is -0.714. The zero-order chi connectivity index (χ0) is 20.1. The van der Waals surface area contributed by atoms with E-state index >= 15 is 0 Å². The topological polar surface area (TPSA) is 54.0 Å². The molecule has 0 amide bonds. The molecule has 2 aliphatic rings. The molecule has 0 aromatic heterocycles. The van der Waals surface area contributed by atoms with Gasteiger partial charge in [0.2, 0.25) is 0 Å². The van der Waals surface area contributed by atoms with Crippen molar-refractivity contribution in [2.24, 2.45) is 0 Å². The van der Waals surface area contributed by atoms with E-state index in [-0.39, 0.29) is 12.6 Å². The van der Waals surface area contributed by atoms with E-state index in [4.69, 9.17) is 18.9 Å². The Kier molecular flexibility index (Phi) is 11.6. The van der Waals surface area contributed by atoms with Crippen LogP contribution in [0, 0.1) is 0 Å². The number of ether oxygens (including phenoxy) is 4. The van der Waals surface area contributed by atoms with Crippen molar-refractivity contribution in [1.82, 2.24) is 0 Å². The third kappa shape index (κ3) is 9.82. The molecule has 2 rings (SSSR count). The molecule has 2 atom stereocenters. The molecule has 28 heavy (non-hydrogen) atoms. The second-order valence-electron chi connectivity index (χ2n) is 8.52. The number of rotatable bonds is 14. The van der Waals surface area contributed by atoms with E-state index in [1.165, 1.54) is 19.3 Å². The summed E-state index contributed by atoms with van der Waals surface area (Å²) < 4.78 is 24.1. The lowest BCUT2D eigenvalue weighted by Gasteiger charge is -2.38. The molecule has 0 aliphatic carbocycles. The maximum Gasteiger partial charge on any atom is 0.171 e. The molecule has 0 aromatic rings. The first kappa shape index (κ1) is 23.8. The number of Topliss-reactive ketones (excluding diaryl/α,β-unsaturated/α-hetero) is 1. The Balaban J connectivity index is 1.73. The second kappa shape index (κ2) is 13.7. The monoisotopic (exact) mass is 398 g/mol. The Hall–Kier alpha value is -0.490. The van der Waals surface area contributed by atoms with Crippen LogP contribution in [0.3, 0.4) is 0 Å². The summed E-state index contributed by atoms with van der Waals surface area (Å²) in [5.41, 5.74) is 0. The predicted octanol–water partition coefficient (Wildman–Crippen LogP) is 5.89. The lowest BCUT2D eigenvalue weighted by atomic mass is 10.0. The Morgan fingerprint density at radius 2 is 1.43 bits per heavy atom. The Morgan fingerprint density at radius 1 is 0.857 bits per heavy atom. The fourth-order valence-electron chi connectivity index (χ4n) is 3.95. The summed E-state index contributed by atoms with van der Waals surface area (Å²) in [6.07, 6.45) is 14.5. The highest BCUT2D eigenvalue weighted by Crippen LogP contribution is 2.30. The van der Waals surface area contributed by atoms with Gasteiger partial charge in [-0.05, 0) is 64.7 Å². The molecule has 5 heteroatoms. The van der Waals surface area contributed by atoms with Gasteiger partial charge in [0.15, 0.2) is 18.4 Å². The van der Waals surface area contributed by atoms with Gasteiger partial charge in [-0.15, -0.1) is 0 Å². The molecule has 0 N–H and O–H groups in total. The molecule has 2 saturated heterocycles. The zero-order valence-corrected chi connectivity index (χ0v) is 18.2. The van der Waals surface area contributed by atoms with Crippen LogP contribution in [0.25, 0.3) is 0 Å². The van der Waals surface area contributed by atoms with E-state index in [0.717, 1.165) is 83.8 Å². The van der Waals surface area contributed by atoms with Gasteiger partial charge in [-0.2, -0.15) is 0 Å². The highest BCUT2D eigenvalue weighted by atomic mass is 16.8. The van der Waals surface area contributed by atoms with E-state index in [9.17, 15) is 4.79 Å². The average molecular weight is 399 g/mol. The number of carbonyl (C=O) groups excluding carboxylic acids is 1. The molecule has 5 nitrogen and oxygen atoms in total. The molecule has 164 valence electrons. The zero-order valence-electron chi connectivity index (χ0n) is 18.2. The van der Waals surface area contributed by atoms with Crippen LogP contribution >= 0.6 is 0 Å². The van der Waals surface area contributed by atoms with Gasteiger partial charge in [-0.3, -0.25) is 4.79 Å². The van der Waals surface area contributed by atoms with Crippen molar-refractivity contribution in [2.75, 3.05) is 13.2 Å². The van der Waals surface area contributed by atoms with Crippen molar-refractivity contribution in [2.45, 2.75) is 129 Å². The van der Waals surface area contributed by atoms with Crippen LogP contribution in [0.5, 0.6) is 0 Å². The molecule has 0 spiro atoms. The van der Waals surface area contributed by atoms with Gasteiger partial charge in [0, 0.05) is 32.5 Å². The summed E-state index contributed by atoms with van der Waals surface area (Å²) >= 11 is 0. The first-order valence-corrected chi connectivity index (χ1v) is 11.7. The molecular formula is C23H42O5. The predicted molar refractivity (Wildman–Crippen MR) is 110 cm³/mol. The van der Waals surface area contributed by atoms with Crippen molar-refractivity contribution in [1.29, 1.82) is 0 Å². The van der Waals surface area contributed by atoms with E-state index in [2.05, 4.69) is 6.92 Å². The van der Waals surface area contributed by atoms with Crippen LogP contribution in [0.4, 0.5) is 0 Å². The van der Waals surface area contributed by atoms with Gasteiger partial charge in [-0.1, -0.05) is 26.2 Å². The number of carbonyl (C=O) groups is 1. The van der Waals surface area contributed by atoms with Gasteiger partial charge in [0.1, 0.15) is 5.78 Å². The summed E-state index contributed by atoms with van der Waals surface area (Å²) in [6.45, 7) is 5.72. The summed E-state index contributed by atoms with van der Waals surface area (Å²) in [5, 5.41) is 0. The molecule has 2 heterocycles. The lowest BCUT2D eigenvalue weighted by Crippen LogP contribution is -2.43. The first-order valence-electron chi connectivity index (χ1n) is 11.7. The van der Waals surface area contributed by atoms with Crippen molar-refractivity contribution >= 4 is 5.78 Å². The van der Waals surface area contributed by atoms with E-state index in [1.807, 2.05) is 6.92 Å². The molecule has 0 aromatic carbocycles. The van der Waals surface area contributed by atoms with Gasteiger partial charge in [0.25, 0.3) is 0 Å². The van der Waals surface area contributed by atoms with E-state index in [1.54, 1.807) is 0 Å². The molecule has 0 radical (unpaired) electrons. The standard InChI is InChI=1S/C23H42O5/c1-3-4-5-6-13-20(24)14-7-10-17-23(2,27-21-15-8-11-18-25-21)28-22-16-9-12-19-26-22/h21-22H,3-19H2,1-2H3. The van der Waals surface area contributed by atoms with Crippen LogP contribution in [0.15, 0.2) is 0 Å². The summed E-state index contributed by atoms with van der Waals surface area (Å²) in [5.74, 6) is -0.320. The highest BCUT2D eigenvalue weighted by molar-refractivity contribution is 5.78. The summed E-state index contributed by atoms with van der Waals surface area (Å²) in [7, 11) is 0. The summed E-state index contributed by atoms with van der Waals surface area (Å²) in [6, 6.07) is 0. The minimum absolute atomic E-state index is 0.192. The SMILES string of the molecule is CCCCCCC(=O)CCCCC(C)(OC1CCCCO1)OC1CCCCO1. The van der Waals surface area contributed by atoms with Gasteiger partial charge in [-0.25, -0.2) is 0 Å². The van der Waals surface area contributed by atoms with Crippen LogP contribution in [0.1, 0.15) is 110 Å². The molecular weight excluding hydrogens is 356 g/mol. The quantitative estimate of drug-likeness (QED) is 0.270. The average Bonchev–Trinajstić information content (AvgIpc) is 2.70. The Bertz CT molecular complexity index is 393. The second-order valence-corrected chi connectivity index (χ2v) is 8.52. The smallest absolute Gasteiger partial charge is 0.171 e. The van der Waals surface area contributed by atoms with Crippen LogP contribution in [-0.2, 0) is 23.7 Å². The van der Waals surface area contributed by atoms with Crippen LogP contribution < -0.4 is 0 Å². The third-order valence-electron chi connectivity index (χ3n) is 5.68. The number of hydrogen-bond acceptors (Lipinski definition) is 5. The molecule has 0 saturated carbocycles. The molecule has 2 aliphatic heterocycles. The third-order valence-corrected chi connectivity index (χ3v) is 5.68. The fraction of sp³-hybridized carbons (Fsp3) is 0.957. The lowest BCUT2D eigenvalue weighted by molar-refractivity contribution is -0.356. The van der Waals surface area contributed by atoms with Gasteiger partial charge in [0.05, 0.1) is 0 Å². The normalized spacial score (nSPS) is 25.4. The van der Waals surface area contributed by atoms with Crippen LogP contribution in [-0.4, -0.2) is 37.4 Å². The van der Waals surface area contributed by atoms with Crippen LogP contribution in [0.2, 0.25) is 0 Å². The number of hydrogen-bond donors (Lipinski definition) is 0. The van der Waals surface area contributed by atoms with Crippen molar-refractivity contribution in [3.63, 3.8) is 0 Å². The van der Waals surface area contributed by atoms with Gasteiger partial charge < -0.3 is 18.9 Å². The maximum atomic E-state index is 12.1. The van der Waals surface area contributed by atoms with E-state index in [0.29, 0.717) is 12.2 Å². The summed E-state index contributed by atoms with van der Waals surface area (Å²) in [4.78, 5) is 12.1. The van der Waals surface area contributed by atoms with Crippen molar-refractivity contribution < 1.29 is 23.7 Å². The number of ketones is 1. The van der Waals surface area contributed by atoms with Crippen molar-refractivity contribution in [3.8, 4) is 0 Å². The molecule has 2 unspecified atom stereocenters. The number of unbranched alkanes of at least 4 members (excludes halogenated alkanes) is 4. The molecule has 2 fully saturated rings. The maximum absolute atomic E-state index is 12.1. The Labute approximate surface area is 171 Å². The first-order chi connectivity index (χ1) is 13.6. The largest absolute Gasteiger partial charge is 0.353 e. The fourth-order valence-corrected chi connectivity index (χ4v) is 3.95. The van der Waals surface area contributed by atoms with Gasteiger partial charge >= 0.3 is 0 Å². The van der Waals surface area contributed by atoms with E-state index < -0.39 is 5.79 Å². The minimum Gasteiger partial charge on any atom is -0.353 e.